The van der Waals surface area contributed by atoms with Crippen LogP contribution in [0.15, 0.2) is 17.1 Å². The van der Waals surface area contributed by atoms with Crippen molar-refractivity contribution in [1.82, 2.24) is 10.2 Å². The fourth-order valence-electron chi connectivity index (χ4n) is 5.01. The minimum absolute atomic E-state index is 0.0523. The molecule has 0 amide bonds. The standard InChI is InChI=1S/C19H29N3O4/c1-13-6-5-9-19(26-13)16(17(23)24)15-8-7-14-12-25-11-4-2-3-10-20-18(21-19)22(14)15/h2,4,13-16H,3,5-12H2,1H3,(H,20,21)(H,23,24)/b4-2-/t13-,14+,15-,16?,19-/m0/s1. The number of carbonyl (C=O) groups is 1. The van der Waals surface area contributed by atoms with Gasteiger partial charge in [0.1, 0.15) is 5.92 Å². The zero-order valence-electron chi connectivity index (χ0n) is 15.4. The highest BCUT2D eigenvalue weighted by Crippen LogP contribution is 2.44. The summed E-state index contributed by atoms with van der Waals surface area (Å²) in [4.78, 5) is 19.3. The molecular formula is C19H29N3O4. The van der Waals surface area contributed by atoms with Crippen molar-refractivity contribution in [3.05, 3.63) is 12.2 Å². The van der Waals surface area contributed by atoms with Gasteiger partial charge in [-0.3, -0.25) is 9.79 Å². The van der Waals surface area contributed by atoms with Gasteiger partial charge in [0.15, 0.2) is 11.7 Å². The van der Waals surface area contributed by atoms with Crippen LogP contribution >= 0.6 is 0 Å². The second-order valence-electron chi connectivity index (χ2n) is 7.86. The second kappa shape index (κ2) is 7.19. The Labute approximate surface area is 154 Å². The summed E-state index contributed by atoms with van der Waals surface area (Å²) in [6, 6.07) is 0.0677. The van der Waals surface area contributed by atoms with Gasteiger partial charge in [0.05, 0.1) is 31.4 Å². The molecule has 5 atom stereocenters. The summed E-state index contributed by atoms with van der Waals surface area (Å²) in [7, 11) is 0. The third-order valence-electron chi connectivity index (χ3n) is 6.09. The molecule has 3 saturated heterocycles. The van der Waals surface area contributed by atoms with Crippen molar-refractivity contribution >= 4 is 11.9 Å². The Morgan fingerprint density at radius 1 is 1.38 bits per heavy atom. The van der Waals surface area contributed by atoms with Crippen LogP contribution in [0.2, 0.25) is 0 Å². The van der Waals surface area contributed by atoms with E-state index in [2.05, 4.69) is 16.3 Å². The van der Waals surface area contributed by atoms with E-state index in [1.807, 2.05) is 13.0 Å². The number of guanidine groups is 1. The van der Waals surface area contributed by atoms with E-state index < -0.39 is 17.6 Å². The molecule has 26 heavy (non-hydrogen) atoms. The van der Waals surface area contributed by atoms with Crippen LogP contribution in [0.5, 0.6) is 0 Å². The lowest BCUT2D eigenvalue weighted by Gasteiger charge is -2.53. The van der Waals surface area contributed by atoms with Crippen LogP contribution in [0.25, 0.3) is 0 Å². The first-order valence-corrected chi connectivity index (χ1v) is 9.85. The molecule has 1 spiro atoms. The number of rotatable bonds is 1. The number of aliphatic carboxylic acids is 1. The molecule has 0 bridgehead atoms. The Balaban J connectivity index is 1.71. The van der Waals surface area contributed by atoms with Crippen LogP contribution in [-0.2, 0) is 14.3 Å². The van der Waals surface area contributed by atoms with Gasteiger partial charge < -0.3 is 24.8 Å². The molecule has 2 N–H and O–H groups in total. The van der Waals surface area contributed by atoms with Gasteiger partial charge in [-0.05, 0) is 45.4 Å². The van der Waals surface area contributed by atoms with Crippen LogP contribution in [0, 0.1) is 5.92 Å². The summed E-state index contributed by atoms with van der Waals surface area (Å²) >= 11 is 0. The maximum atomic E-state index is 12.3. The molecule has 0 aromatic rings. The number of carboxylic acids is 1. The quantitative estimate of drug-likeness (QED) is 0.691. The minimum atomic E-state index is -0.852. The molecule has 3 fully saturated rings. The lowest BCUT2D eigenvalue weighted by atomic mass is 9.80. The first-order valence-electron chi connectivity index (χ1n) is 9.85. The third-order valence-corrected chi connectivity index (χ3v) is 6.09. The van der Waals surface area contributed by atoms with Gasteiger partial charge in [-0.15, -0.1) is 0 Å². The number of hydrogen-bond donors (Lipinski definition) is 2. The largest absolute Gasteiger partial charge is 0.481 e. The third kappa shape index (κ3) is 3.11. The van der Waals surface area contributed by atoms with E-state index in [4.69, 9.17) is 14.5 Å². The first kappa shape index (κ1) is 17.8. The Morgan fingerprint density at radius 3 is 3.08 bits per heavy atom. The summed E-state index contributed by atoms with van der Waals surface area (Å²) in [6.07, 6.45) is 9.43. The van der Waals surface area contributed by atoms with Gasteiger partial charge in [-0.2, -0.15) is 0 Å². The topological polar surface area (TPSA) is 83.4 Å². The molecular weight excluding hydrogens is 334 g/mol. The lowest BCUT2D eigenvalue weighted by Crippen LogP contribution is -2.73. The van der Waals surface area contributed by atoms with Crippen molar-refractivity contribution in [2.24, 2.45) is 10.9 Å². The Kier molecular flexibility index (Phi) is 4.92. The Hall–Kier alpha value is -1.60. The molecule has 0 saturated carbocycles. The lowest BCUT2D eigenvalue weighted by molar-refractivity contribution is -0.198. The molecule has 4 aliphatic heterocycles. The van der Waals surface area contributed by atoms with E-state index in [0.717, 1.165) is 38.1 Å². The monoisotopic (exact) mass is 363 g/mol. The van der Waals surface area contributed by atoms with Crippen LogP contribution in [0.4, 0.5) is 0 Å². The van der Waals surface area contributed by atoms with E-state index >= 15 is 0 Å². The summed E-state index contributed by atoms with van der Waals surface area (Å²) in [5, 5.41) is 13.6. The predicted octanol–water partition coefficient (Wildman–Crippen LogP) is 1.74. The number of hydrogen-bond acceptors (Lipinski definition) is 6. The van der Waals surface area contributed by atoms with E-state index in [9.17, 15) is 9.90 Å². The second-order valence-corrected chi connectivity index (χ2v) is 7.86. The fraction of sp³-hybridized carbons (Fsp3) is 0.789. The smallest absolute Gasteiger partial charge is 0.313 e. The molecule has 1 unspecified atom stereocenters. The van der Waals surface area contributed by atoms with Gasteiger partial charge in [-0.25, -0.2) is 0 Å². The van der Waals surface area contributed by atoms with E-state index in [0.29, 0.717) is 26.2 Å². The van der Waals surface area contributed by atoms with E-state index in [1.165, 1.54) is 0 Å². The molecule has 0 radical (unpaired) electrons. The highest BCUT2D eigenvalue weighted by Gasteiger charge is 2.59. The van der Waals surface area contributed by atoms with Gasteiger partial charge in [-0.1, -0.05) is 12.2 Å². The molecule has 0 aromatic heterocycles. The van der Waals surface area contributed by atoms with Crippen molar-refractivity contribution in [3.63, 3.8) is 0 Å². The molecule has 0 aliphatic carbocycles. The molecule has 0 aromatic carbocycles. The highest BCUT2D eigenvalue weighted by atomic mass is 16.5. The highest BCUT2D eigenvalue weighted by molar-refractivity contribution is 5.86. The molecule has 4 heterocycles. The van der Waals surface area contributed by atoms with Crippen LogP contribution < -0.4 is 5.32 Å². The summed E-state index contributed by atoms with van der Waals surface area (Å²) < 4.78 is 12.1. The first-order chi connectivity index (χ1) is 12.6. The molecule has 4 rings (SSSR count). The van der Waals surface area contributed by atoms with Crippen LogP contribution in [-0.4, -0.2) is 65.6 Å². The van der Waals surface area contributed by atoms with Crippen molar-refractivity contribution in [2.45, 2.75) is 69.4 Å². The summed E-state index contributed by atoms with van der Waals surface area (Å²) in [5.74, 6) is -0.589. The van der Waals surface area contributed by atoms with Gasteiger partial charge in [0.2, 0.25) is 0 Å². The molecule has 144 valence electrons. The number of nitrogens with one attached hydrogen (secondary N) is 1. The van der Waals surface area contributed by atoms with Crippen LogP contribution in [0.1, 0.15) is 45.4 Å². The minimum Gasteiger partial charge on any atom is -0.481 e. The average Bonchev–Trinajstić information content (AvgIpc) is 2.97. The SMILES string of the molecule is C[C@H]1CCC[C@]2(NC3=NCC/C=C\COC[C@H]4CC[C@@H](C2C(=O)O)N34)O1. The molecule has 4 aliphatic rings. The number of ether oxygens (including phenoxy) is 2. The van der Waals surface area contributed by atoms with Crippen molar-refractivity contribution in [2.75, 3.05) is 19.8 Å². The Morgan fingerprint density at radius 2 is 2.27 bits per heavy atom. The summed E-state index contributed by atoms with van der Waals surface area (Å²) in [6.45, 7) is 3.91. The summed E-state index contributed by atoms with van der Waals surface area (Å²) in [5.41, 5.74) is -0.852. The number of aliphatic imine (C=N–C) groups is 1. The van der Waals surface area contributed by atoms with Gasteiger partial charge in [0, 0.05) is 6.54 Å². The molecule has 7 heteroatoms. The van der Waals surface area contributed by atoms with E-state index in [-0.39, 0.29) is 18.2 Å². The fourth-order valence-corrected chi connectivity index (χ4v) is 5.01. The zero-order valence-corrected chi connectivity index (χ0v) is 15.4. The van der Waals surface area contributed by atoms with Crippen molar-refractivity contribution in [1.29, 1.82) is 0 Å². The average molecular weight is 363 g/mol. The maximum absolute atomic E-state index is 12.3. The number of carboxylic acid groups (broad SMARTS) is 1. The Bertz CT molecular complexity index is 608. The number of nitrogens with zero attached hydrogens (tertiary/aromatic N) is 2. The van der Waals surface area contributed by atoms with Crippen molar-refractivity contribution < 1.29 is 19.4 Å². The maximum Gasteiger partial charge on any atom is 0.313 e. The molecule has 7 nitrogen and oxygen atoms in total. The zero-order chi connectivity index (χ0) is 18.1. The van der Waals surface area contributed by atoms with Crippen LogP contribution in [0.3, 0.4) is 0 Å². The van der Waals surface area contributed by atoms with Gasteiger partial charge in [0.25, 0.3) is 0 Å². The van der Waals surface area contributed by atoms with Gasteiger partial charge >= 0.3 is 5.97 Å². The normalized spacial score (nSPS) is 41.6. The van der Waals surface area contributed by atoms with E-state index in [1.54, 1.807) is 0 Å². The predicted molar refractivity (Wildman–Crippen MR) is 96.9 cm³/mol. The van der Waals surface area contributed by atoms with Crippen molar-refractivity contribution in [3.8, 4) is 0 Å².